The van der Waals surface area contributed by atoms with Crippen molar-refractivity contribution in [1.29, 1.82) is 0 Å². The smallest absolute Gasteiger partial charge is 0.245 e. The Labute approximate surface area is 120 Å². The second-order valence-corrected chi connectivity index (χ2v) is 5.70. The first kappa shape index (κ1) is 14.6. The third kappa shape index (κ3) is 3.18. The Balaban J connectivity index is 2.11. The van der Waals surface area contributed by atoms with Gasteiger partial charge in [-0.15, -0.1) is 0 Å². The monoisotopic (exact) mass is 274 g/mol. The van der Waals surface area contributed by atoms with Crippen molar-refractivity contribution in [3.8, 4) is 0 Å². The Kier molecular flexibility index (Phi) is 4.42. The lowest BCUT2D eigenvalue weighted by atomic mass is 9.97. The standard InChI is InChI=1S/C16H22N2O2/c1-11(2)15(17-12(3)19)16(20)18-9-8-13-6-4-5-7-14(13)10-18/h4-7,11,15H,8-10H2,1-3H3,(H,17,19)/t15-/m1/s1. The highest BCUT2D eigenvalue weighted by Gasteiger charge is 2.29. The van der Waals surface area contributed by atoms with E-state index in [1.165, 1.54) is 18.1 Å². The van der Waals surface area contributed by atoms with Crippen LogP contribution in [0, 0.1) is 5.92 Å². The minimum Gasteiger partial charge on any atom is -0.344 e. The first-order valence-electron chi connectivity index (χ1n) is 7.11. The Morgan fingerprint density at radius 3 is 2.45 bits per heavy atom. The van der Waals surface area contributed by atoms with Gasteiger partial charge in [0.1, 0.15) is 6.04 Å². The van der Waals surface area contributed by atoms with Crippen molar-refractivity contribution >= 4 is 11.8 Å². The molecule has 4 heteroatoms. The zero-order chi connectivity index (χ0) is 14.7. The molecule has 0 radical (unpaired) electrons. The molecule has 0 aliphatic carbocycles. The van der Waals surface area contributed by atoms with E-state index in [4.69, 9.17) is 0 Å². The summed E-state index contributed by atoms with van der Waals surface area (Å²) in [5.41, 5.74) is 2.52. The maximum Gasteiger partial charge on any atom is 0.245 e. The number of amides is 2. The van der Waals surface area contributed by atoms with E-state index in [-0.39, 0.29) is 17.7 Å². The molecule has 0 aromatic heterocycles. The maximum absolute atomic E-state index is 12.6. The number of fused-ring (bicyclic) bond motifs is 1. The largest absolute Gasteiger partial charge is 0.344 e. The van der Waals surface area contributed by atoms with E-state index in [2.05, 4.69) is 17.4 Å². The summed E-state index contributed by atoms with van der Waals surface area (Å²) in [4.78, 5) is 25.7. The molecule has 2 amide bonds. The lowest BCUT2D eigenvalue weighted by Gasteiger charge is -2.33. The van der Waals surface area contributed by atoms with Crippen LogP contribution in [0.4, 0.5) is 0 Å². The van der Waals surface area contributed by atoms with Crippen molar-refractivity contribution in [2.45, 2.75) is 39.8 Å². The average Bonchev–Trinajstić information content (AvgIpc) is 2.43. The Morgan fingerprint density at radius 1 is 1.20 bits per heavy atom. The summed E-state index contributed by atoms with van der Waals surface area (Å²) in [6, 6.07) is 7.78. The number of benzene rings is 1. The van der Waals surface area contributed by atoms with E-state index in [1.54, 1.807) is 0 Å². The van der Waals surface area contributed by atoms with Crippen molar-refractivity contribution < 1.29 is 9.59 Å². The highest BCUT2D eigenvalue weighted by Crippen LogP contribution is 2.20. The summed E-state index contributed by atoms with van der Waals surface area (Å²) < 4.78 is 0. The van der Waals surface area contributed by atoms with E-state index in [0.717, 1.165) is 13.0 Å². The molecule has 0 saturated carbocycles. The van der Waals surface area contributed by atoms with E-state index < -0.39 is 6.04 Å². The molecule has 1 aromatic rings. The second-order valence-electron chi connectivity index (χ2n) is 5.70. The fourth-order valence-electron chi connectivity index (χ4n) is 2.61. The molecule has 108 valence electrons. The van der Waals surface area contributed by atoms with Gasteiger partial charge < -0.3 is 10.2 Å². The van der Waals surface area contributed by atoms with Gasteiger partial charge >= 0.3 is 0 Å². The van der Waals surface area contributed by atoms with Crippen LogP contribution in [0.1, 0.15) is 31.9 Å². The molecule has 0 unspecified atom stereocenters. The quantitative estimate of drug-likeness (QED) is 0.912. The molecule has 0 fully saturated rings. The Morgan fingerprint density at radius 2 is 1.85 bits per heavy atom. The zero-order valence-electron chi connectivity index (χ0n) is 12.3. The van der Waals surface area contributed by atoms with Crippen molar-refractivity contribution in [3.63, 3.8) is 0 Å². The topological polar surface area (TPSA) is 49.4 Å². The van der Waals surface area contributed by atoms with Crippen LogP contribution in [-0.4, -0.2) is 29.3 Å². The van der Waals surface area contributed by atoms with Gasteiger partial charge in [0.05, 0.1) is 0 Å². The molecule has 1 aromatic carbocycles. The van der Waals surface area contributed by atoms with E-state index in [0.29, 0.717) is 6.54 Å². The molecule has 20 heavy (non-hydrogen) atoms. The van der Waals surface area contributed by atoms with Gasteiger partial charge in [0.2, 0.25) is 11.8 Å². The second kappa shape index (κ2) is 6.07. The number of carbonyl (C=O) groups excluding carboxylic acids is 2. The SMILES string of the molecule is CC(=O)N[C@@H](C(=O)N1CCc2ccccc2C1)C(C)C. The zero-order valence-corrected chi connectivity index (χ0v) is 12.3. The third-order valence-electron chi connectivity index (χ3n) is 3.73. The number of carbonyl (C=O) groups is 2. The van der Waals surface area contributed by atoms with E-state index in [1.807, 2.05) is 30.9 Å². The summed E-state index contributed by atoms with van der Waals surface area (Å²) in [7, 11) is 0. The van der Waals surface area contributed by atoms with Gasteiger partial charge in [-0.2, -0.15) is 0 Å². The molecule has 1 N–H and O–H groups in total. The van der Waals surface area contributed by atoms with E-state index >= 15 is 0 Å². The summed E-state index contributed by atoms with van der Waals surface area (Å²) in [6.45, 7) is 6.72. The minimum atomic E-state index is -0.433. The summed E-state index contributed by atoms with van der Waals surface area (Å²) >= 11 is 0. The number of nitrogens with one attached hydrogen (secondary N) is 1. The fraction of sp³-hybridized carbons (Fsp3) is 0.500. The maximum atomic E-state index is 12.6. The highest BCUT2D eigenvalue weighted by atomic mass is 16.2. The average molecular weight is 274 g/mol. The molecular formula is C16H22N2O2. The molecule has 4 nitrogen and oxygen atoms in total. The van der Waals surface area contributed by atoms with Crippen molar-refractivity contribution in [3.05, 3.63) is 35.4 Å². The number of hydrogen-bond acceptors (Lipinski definition) is 2. The lowest BCUT2D eigenvalue weighted by molar-refractivity contribution is -0.138. The van der Waals surface area contributed by atoms with Crippen LogP contribution in [0.2, 0.25) is 0 Å². The molecule has 1 aliphatic heterocycles. The lowest BCUT2D eigenvalue weighted by Crippen LogP contribution is -2.51. The molecule has 2 rings (SSSR count). The van der Waals surface area contributed by atoms with Crippen LogP contribution in [0.15, 0.2) is 24.3 Å². The normalized spacial score (nSPS) is 15.7. The molecule has 0 saturated heterocycles. The Bertz CT molecular complexity index is 511. The van der Waals surface area contributed by atoms with E-state index in [9.17, 15) is 9.59 Å². The van der Waals surface area contributed by atoms with Crippen LogP contribution in [0.25, 0.3) is 0 Å². The molecule has 1 atom stereocenters. The van der Waals surface area contributed by atoms with Crippen LogP contribution < -0.4 is 5.32 Å². The van der Waals surface area contributed by atoms with Gasteiger partial charge in [0, 0.05) is 20.0 Å². The van der Waals surface area contributed by atoms with Gasteiger partial charge in [-0.25, -0.2) is 0 Å². The van der Waals surface area contributed by atoms with Gasteiger partial charge in [0.25, 0.3) is 0 Å². The van der Waals surface area contributed by atoms with Gasteiger partial charge in [-0.3, -0.25) is 9.59 Å². The van der Waals surface area contributed by atoms with Crippen LogP contribution in [-0.2, 0) is 22.6 Å². The number of rotatable bonds is 3. The number of hydrogen-bond donors (Lipinski definition) is 1. The molecule has 0 spiro atoms. The van der Waals surface area contributed by atoms with Crippen molar-refractivity contribution in [1.82, 2.24) is 10.2 Å². The predicted octanol–water partition coefficient (Wildman–Crippen LogP) is 1.73. The highest BCUT2D eigenvalue weighted by molar-refractivity contribution is 5.87. The van der Waals surface area contributed by atoms with Gasteiger partial charge in [-0.1, -0.05) is 38.1 Å². The third-order valence-corrected chi connectivity index (χ3v) is 3.73. The molecular weight excluding hydrogens is 252 g/mol. The fourth-order valence-corrected chi connectivity index (χ4v) is 2.61. The number of nitrogens with zero attached hydrogens (tertiary/aromatic N) is 1. The predicted molar refractivity (Wildman–Crippen MR) is 78.0 cm³/mol. The minimum absolute atomic E-state index is 0.0182. The molecule has 0 bridgehead atoms. The first-order chi connectivity index (χ1) is 9.49. The summed E-state index contributed by atoms with van der Waals surface area (Å²) in [6.07, 6.45) is 0.882. The van der Waals surface area contributed by atoms with Crippen LogP contribution in [0.3, 0.4) is 0 Å². The molecule has 1 aliphatic rings. The first-order valence-corrected chi connectivity index (χ1v) is 7.11. The molecule has 1 heterocycles. The van der Waals surface area contributed by atoms with Crippen molar-refractivity contribution in [2.75, 3.05) is 6.54 Å². The van der Waals surface area contributed by atoms with Crippen LogP contribution in [0.5, 0.6) is 0 Å². The summed E-state index contributed by atoms with van der Waals surface area (Å²) in [5.74, 6) is -0.0530. The van der Waals surface area contributed by atoms with Gasteiger partial charge in [-0.05, 0) is 23.5 Å². The Hall–Kier alpha value is -1.84. The summed E-state index contributed by atoms with van der Waals surface area (Å²) in [5, 5.41) is 2.77. The van der Waals surface area contributed by atoms with Crippen molar-refractivity contribution in [2.24, 2.45) is 5.92 Å². The van der Waals surface area contributed by atoms with Crippen LogP contribution >= 0.6 is 0 Å². The van der Waals surface area contributed by atoms with Gasteiger partial charge in [0.15, 0.2) is 0 Å².